The van der Waals surface area contributed by atoms with E-state index in [1.54, 1.807) is 13.0 Å². The summed E-state index contributed by atoms with van der Waals surface area (Å²) in [7, 11) is 1.36. The smallest absolute Gasteiger partial charge is 0.291 e. The van der Waals surface area contributed by atoms with Crippen LogP contribution in [0.15, 0.2) is 23.3 Å². The number of nitrogen functional groups attached to an aromatic ring is 1. The van der Waals surface area contributed by atoms with Crippen LogP contribution in [-0.4, -0.2) is 23.7 Å². The molecule has 0 bridgehead atoms. The molecular weight excluding hydrogens is 394 g/mol. The molecule has 0 aliphatic rings. The van der Waals surface area contributed by atoms with Gasteiger partial charge < -0.3 is 10.5 Å². The Balaban J connectivity index is 2.24. The average molecular weight is 406 g/mol. The maximum Gasteiger partial charge on any atom is 0.291 e. The van der Waals surface area contributed by atoms with Gasteiger partial charge in [-0.05, 0) is 25.1 Å². The van der Waals surface area contributed by atoms with Crippen LogP contribution in [-0.2, 0) is 0 Å². The number of anilines is 1. The molecule has 0 saturated heterocycles. The molecule has 25 heavy (non-hydrogen) atoms. The van der Waals surface area contributed by atoms with Crippen LogP contribution in [0.5, 0.6) is 5.75 Å². The molecule has 10 heteroatoms. The molecular formula is C15H12Cl3FN4O2. The van der Waals surface area contributed by atoms with E-state index in [4.69, 9.17) is 45.3 Å². The highest BCUT2D eigenvalue weighted by Crippen LogP contribution is 2.34. The minimum atomic E-state index is -0.747. The number of nitrogens with one attached hydrogen (secondary N) is 1. The third kappa shape index (κ3) is 4.12. The van der Waals surface area contributed by atoms with Crippen molar-refractivity contribution < 1.29 is 13.9 Å². The molecule has 1 heterocycles. The molecule has 2 aromatic rings. The van der Waals surface area contributed by atoms with Crippen LogP contribution in [0.2, 0.25) is 15.2 Å². The van der Waals surface area contributed by atoms with E-state index in [9.17, 15) is 9.18 Å². The molecule has 6 nitrogen and oxygen atoms in total. The quantitative estimate of drug-likeness (QED) is 0.458. The molecule has 2 rings (SSSR count). The summed E-state index contributed by atoms with van der Waals surface area (Å²) in [6.45, 7) is 1.58. The van der Waals surface area contributed by atoms with E-state index in [2.05, 4.69) is 15.5 Å². The number of benzene rings is 1. The summed E-state index contributed by atoms with van der Waals surface area (Å²) in [4.78, 5) is 16.0. The first kappa shape index (κ1) is 19.2. The van der Waals surface area contributed by atoms with E-state index in [1.807, 2.05) is 0 Å². The van der Waals surface area contributed by atoms with Crippen molar-refractivity contribution in [1.29, 1.82) is 0 Å². The van der Waals surface area contributed by atoms with Gasteiger partial charge in [0.25, 0.3) is 5.91 Å². The van der Waals surface area contributed by atoms with E-state index >= 15 is 0 Å². The number of hydrazone groups is 1. The van der Waals surface area contributed by atoms with E-state index < -0.39 is 11.7 Å². The Morgan fingerprint density at radius 1 is 1.32 bits per heavy atom. The van der Waals surface area contributed by atoms with Crippen molar-refractivity contribution in [3.05, 3.63) is 50.5 Å². The third-order valence-electron chi connectivity index (χ3n) is 3.18. The van der Waals surface area contributed by atoms with Gasteiger partial charge in [0.2, 0.25) is 0 Å². The van der Waals surface area contributed by atoms with Crippen LogP contribution < -0.4 is 15.9 Å². The number of carbonyl (C=O) groups is 1. The zero-order valence-electron chi connectivity index (χ0n) is 13.0. The van der Waals surface area contributed by atoms with Gasteiger partial charge >= 0.3 is 0 Å². The monoisotopic (exact) mass is 404 g/mol. The van der Waals surface area contributed by atoms with Crippen LogP contribution >= 0.6 is 34.8 Å². The highest BCUT2D eigenvalue weighted by atomic mass is 35.5. The molecule has 0 aliphatic heterocycles. The number of aromatic nitrogens is 1. The number of amides is 1. The minimum absolute atomic E-state index is 0.0448. The average Bonchev–Trinajstić information content (AvgIpc) is 2.60. The predicted octanol–water partition coefficient (Wildman–Crippen LogP) is 3.93. The molecule has 0 saturated carbocycles. The van der Waals surface area contributed by atoms with Gasteiger partial charge in [-0.2, -0.15) is 5.10 Å². The lowest BCUT2D eigenvalue weighted by Crippen LogP contribution is -2.21. The van der Waals surface area contributed by atoms with Gasteiger partial charge in [0, 0.05) is 5.56 Å². The van der Waals surface area contributed by atoms with Crippen LogP contribution in [0.3, 0.4) is 0 Å². The van der Waals surface area contributed by atoms with Crippen molar-refractivity contribution in [2.24, 2.45) is 5.10 Å². The lowest BCUT2D eigenvalue weighted by molar-refractivity contribution is 0.0950. The molecule has 0 radical (unpaired) electrons. The topological polar surface area (TPSA) is 89.6 Å². The number of methoxy groups -OCH3 is 1. The molecule has 1 amide bonds. The number of carbonyl (C=O) groups excluding carboxylic acids is 1. The maximum atomic E-state index is 13.7. The van der Waals surface area contributed by atoms with Crippen molar-refractivity contribution in [3.63, 3.8) is 0 Å². The number of pyridine rings is 1. The summed E-state index contributed by atoms with van der Waals surface area (Å²) >= 11 is 17.5. The second-order valence-electron chi connectivity index (χ2n) is 4.78. The second-order valence-corrected chi connectivity index (χ2v) is 5.89. The SMILES string of the molecule is COc1ccc(/C(C)=N\NC(=O)c2nc(Cl)c(Cl)c(N)c2Cl)cc1F. The summed E-state index contributed by atoms with van der Waals surface area (Å²) < 4.78 is 18.6. The number of hydrogen-bond donors (Lipinski definition) is 2. The summed E-state index contributed by atoms with van der Waals surface area (Å²) in [5, 5.41) is 3.54. The zero-order chi connectivity index (χ0) is 18.7. The van der Waals surface area contributed by atoms with Crippen LogP contribution in [0, 0.1) is 5.82 Å². The molecule has 0 fully saturated rings. The normalized spacial score (nSPS) is 11.4. The Morgan fingerprint density at radius 3 is 2.60 bits per heavy atom. The number of halogens is 4. The van der Waals surface area contributed by atoms with Gasteiger partial charge in [0.1, 0.15) is 5.02 Å². The largest absolute Gasteiger partial charge is 0.494 e. The zero-order valence-corrected chi connectivity index (χ0v) is 15.3. The molecule has 0 unspecified atom stereocenters. The molecule has 0 atom stereocenters. The number of nitrogens with zero attached hydrogens (tertiary/aromatic N) is 2. The van der Waals surface area contributed by atoms with Gasteiger partial charge in [0.05, 0.1) is 23.5 Å². The third-order valence-corrected chi connectivity index (χ3v) is 4.32. The lowest BCUT2D eigenvalue weighted by atomic mass is 10.1. The van der Waals surface area contributed by atoms with Crippen LogP contribution in [0.25, 0.3) is 0 Å². The van der Waals surface area contributed by atoms with Gasteiger partial charge in [-0.3, -0.25) is 4.79 Å². The second kappa shape index (κ2) is 7.86. The van der Waals surface area contributed by atoms with E-state index in [-0.39, 0.29) is 32.3 Å². The number of rotatable bonds is 4. The molecule has 1 aromatic carbocycles. The summed E-state index contributed by atoms with van der Waals surface area (Å²) in [5.74, 6) is -1.20. The molecule has 0 aliphatic carbocycles. The van der Waals surface area contributed by atoms with E-state index in [1.165, 1.54) is 19.2 Å². The standard InChI is InChI=1S/C15H12Cl3FN4O2/c1-6(7-3-4-9(25-2)8(19)5-7)22-23-15(24)13-10(16)12(20)11(17)14(18)21-13/h3-5H,1-2H3,(H2,20,21)(H,23,24)/b22-6-. The highest BCUT2D eigenvalue weighted by Gasteiger charge is 2.19. The summed E-state index contributed by atoms with van der Waals surface area (Å²) in [5.41, 5.74) is 8.41. The van der Waals surface area contributed by atoms with Crippen molar-refractivity contribution in [2.45, 2.75) is 6.92 Å². The molecule has 0 spiro atoms. The van der Waals surface area contributed by atoms with E-state index in [0.29, 0.717) is 11.3 Å². The Morgan fingerprint density at radius 2 is 2.00 bits per heavy atom. The van der Waals surface area contributed by atoms with Gasteiger partial charge in [-0.15, -0.1) is 0 Å². The van der Waals surface area contributed by atoms with Gasteiger partial charge in [0.15, 0.2) is 22.4 Å². The first-order valence-corrected chi connectivity index (χ1v) is 7.88. The minimum Gasteiger partial charge on any atom is -0.494 e. The Labute approximate surface area is 157 Å². The van der Waals surface area contributed by atoms with Crippen molar-refractivity contribution in [1.82, 2.24) is 10.4 Å². The fraction of sp³-hybridized carbons (Fsp3) is 0.133. The number of nitrogens with two attached hydrogens (primary N) is 1. The first-order chi connectivity index (χ1) is 11.8. The van der Waals surface area contributed by atoms with Gasteiger partial charge in [-0.25, -0.2) is 14.8 Å². The maximum absolute atomic E-state index is 13.7. The number of ether oxygens (including phenoxy) is 1. The Bertz CT molecular complexity index is 874. The van der Waals surface area contributed by atoms with Crippen LogP contribution in [0.1, 0.15) is 23.0 Å². The van der Waals surface area contributed by atoms with Crippen molar-refractivity contribution in [3.8, 4) is 5.75 Å². The van der Waals surface area contributed by atoms with Crippen LogP contribution in [0.4, 0.5) is 10.1 Å². The molecule has 132 valence electrons. The van der Waals surface area contributed by atoms with Gasteiger partial charge in [-0.1, -0.05) is 34.8 Å². The summed E-state index contributed by atoms with van der Waals surface area (Å²) in [6, 6.07) is 4.27. The molecule has 3 N–H and O–H groups in total. The lowest BCUT2D eigenvalue weighted by Gasteiger charge is -2.08. The van der Waals surface area contributed by atoms with Crippen molar-refractivity contribution >= 4 is 52.1 Å². The first-order valence-electron chi connectivity index (χ1n) is 6.74. The fourth-order valence-electron chi connectivity index (χ4n) is 1.83. The highest BCUT2D eigenvalue weighted by molar-refractivity contribution is 6.46. The number of hydrogen-bond acceptors (Lipinski definition) is 5. The Kier molecular flexibility index (Phi) is 6.05. The summed E-state index contributed by atoms with van der Waals surface area (Å²) in [6.07, 6.45) is 0. The fourth-order valence-corrected chi connectivity index (χ4v) is 2.42. The van der Waals surface area contributed by atoms with E-state index in [0.717, 1.165) is 0 Å². The van der Waals surface area contributed by atoms with Crippen molar-refractivity contribution in [2.75, 3.05) is 12.8 Å². The molecule has 1 aromatic heterocycles. The predicted molar refractivity (Wildman–Crippen MR) is 96.3 cm³/mol. The Hall–Kier alpha value is -2.09.